The number of rotatable bonds is 5. The third kappa shape index (κ3) is 5.69. The third-order valence-electron chi connectivity index (χ3n) is 6.40. The van der Waals surface area contributed by atoms with Crippen molar-refractivity contribution in [3.63, 3.8) is 0 Å². The second kappa shape index (κ2) is 10.2. The molecule has 1 aromatic rings. The molecule has 1 unspecified atom stereocenters. The molecule has 2 aliphatic carbocycles. The number of nitrogens with zero attached hydrogens (tertiary/aromatic N) is 2. The lowest BCUT2D eigenvalue weighted by atomic mass is 9.93. The monoisotopic (exact) mass is 433 g/mol. The van der Waals surface area contributed by atoms with Crippen molar-refractivity contribution < 1.29 is 4.79 Å². The zero-order valence-electron chi connectivity index (χ0n) is 17.1. The minimum atomic E-state index is 0.0812. The van der Waals surface area contributed by atoms with Gasteiger partial charge in [0.05, 0.1) is 6.04 Å². The number of amides is 1. The van der Waals surface area contributed by atoms with Crippen LogP contribution in [0.2, 0.25) is 5.02 Å². The number of anilines is 1. The Labute approximate surface area is 183 Å². The Kier molecular flexibility index (Phi) is 7.41. The van der Waals surface area contributed by atoms with Crippen molar-refractivity contribution in [1.29, 1.82) is 0 Å². The molecule has 158 valence electrons. The maximum Gasteiger partial charge on any atom is 0.226 e. The lowest BCUT2D eigenvalue weighted by Crippen LogP contribution is -2.45. The van der Waals surface area contributed by atoms with E-state index in [1.165, 1.54) is 69.4 Å². The molecular formula is C23H32ClN3OS. The minimum absolute atomic E-state index is 0.0812. The van der Waals surface area contributed by atoms with Crippen LogP contribution in [0, 0.1) is 0 Å². The number of amidine groups is 1. The number of carbonyl (C=O) groups is 1. The van der Waals surface area contributed by atoms with Gasteiger partial charge in [-0.15, -0.1) is 0 Å². The standard InChI is InChI=1S/C23H32ClN3OS/c24-17-11-13-19(14-12-17)25-22(28)15-21-16-29-23(26-18-7-3-1-4-8-18)27(21)20-9-5-2-6-10-20/h11-14,18,20-21H,1-10,15-16H2,(H,25,28). The van der Waals surface area contributed by atoms with Crippen molar-refractivity contribution in [2.24, 2.45) is 4.99 Å². The van der Waals surface area contributed by atoms with Gasteiger partial charge < -0.3 is 10.2 Å². The molecule has 2 saturated carbocycles. The lowest BCUT2D eigenvalue weighted by Gasteiger charge is -2.37. The predicted octanol–water partition coefficient (Wildman–Crippen LogP) is 6.11. The van der Waals surface area contributed by atoms with Crippen molar-refractivity contribution in [1.82, 2.24) is 4.90 Å². The first kappa shape index (κ1) is 21.0. The summed E-state index contributed by atoms with van der Waals surface area (Å²) in [4.78, 5) is 20.5. The highest BCUT2D eigenvalue weighted by Crippen LogP contribution is 2.35. The van der Waals surface area contributed by atoms with E-state index in [4.69, 9.17) is 16.6 Å². The topological polar surface area (TPSA) is 44.7 Å². The maximum absolute atomic E-state index is 12.8. The molecule has 4 nitrogen and oxygen atoms in total. The van der Waals surface area contributed by atoms with Crippen LogP contribution in [-0.2, 0) is 4.79 Å². The van der Waals surface area contributed by atoms with Crippen LogP contribution in [0.25, 0.3) is 0 Å². The van der Waals surface area contributed by atoms with Crippen LogP contribution in [0.4, 0.5) is 5.69 Å². The van der Waals surface area contributed by atoms with Gasteiger partial charge in [-0.3, -0.25) is 9.79 Å². The lowest BCUT2D eigenvalue weighted by molar-refractivity contribution is -0.117. The highest BCUT2D eigenvalue weighted by Gasteiger charge is 2.37. The Morgan fingerprint density at radius 1 is 1.03 bits per heavy atom. The van der Waals surface area contributed by atoms with Crippen molar-refractivity contribution in [2.45, 2.75) is 88.8 Å². The SMILES string of the molecule is O=C(CC1CSC(=NC2CCCCC2)N1C1CCCCC1)Nc1ccc(Cl)cc1. The molecule has 0 spiro atoms. The van der Waals surface area contributed by atoms with E-state index >= 15 is 0 Å². The number of hydrogen-bond acceptors (Lipinski definition) is 3. The molecule has 1 saturated heterocycles. The zero-order valence-corrected chi connectivity index (χ0v) is 18.7. The summed E-state index contributed by atoms with van der Waals surface area (Å²) < 4.78 is 0. The molecule has 0 aromatic heterocycles. The van der Waals surface area contributed by atoms with Gasteiger partial charge in [0.15, 0.2) is 5.17 Å². The van der Waals surface area contributed by atoms with Crippen LogP contribution in [0.5, 0.6) is 0 Å². The van der Waals surface area contributed by atoms with Crippen LogP contribution >= 0.6 is 23.4 Å². The van der Waals surface area contributed by atoms with Crippen LogP contribution < -0.4 is 5.32 Å². The predicted molar refractivity (Wildman–Crippen MR) is 124 cm³/mol. The summed E-state index contributed by atoms with van der Waals surface area (Å²) in [5.74, 6) is 1.05. The molecule has 1 aliphatic heterocycles. The molecule has 1 N–H and O–H groups in total. The fourth-order valence-electron chi connectivity index (χ4n) is 4.88. The van der Waals surface area contributed by atoms with Gasteiger partial charge in [0.25, 0.3) is 0 Å². The van der Waals surface area contributed by atoms with Gasteiger partial charge in [0.2, 0.25) is 5.91 Å². The van der Waals surface area contributed by atoms with Gasteiger partial charge in [-0.25, -0.2) is 0 Å². The van der Waals surface area contributed by atoms with E-state index in [0.717, 1.165) is 11.4 Å². The van der Waals surface area contributed by atoms with Crippen molar-refractivity contribution >= 4 is 40.1 Å². The molecule has 0 radical (unpaired) electrons. The van der Waals surface area contributed by atoms with E-state index in [-0.39, 0.29) is 11.9 Å². The summed E-state index contributed by atoms with van der Waals surface area (Å²) in [5, 5.41) is 4.94. The van der Waals surface area contributed by atoms with Gasteiger partial charge in [-0.2, -0.15) is 0 Å². The Bertz CT molecular complexity index is 711. The summed E-state index contributed by atoms with van der Waals surface area (Å²) >= 11 is 7.83. The van der Waals surface area contributed by atoms with E-state index in [2.05, 4.69) is 10.2 Å². The molecule has 1 heterocycles. The highest BCUT2D eigenvalue weighted by molar-refractivity contribution is 8.14. The Morgan fingerprint density at radius 2 is 1.69 bits per heavy atom. The number of thioether (sulfide) groups is 1. The number of benzene rings is 1. The molecule has 1 atom stereocenters. The van der Waals surface area contributed by atoms with Crippen LogP contribution in [0.15, 0.2) is 29.3 Å². The number of nitrogens with one attached hydrogen (secondary N) is 1. The molecular weight excluding hydrogens is 402 g/mol. The summed E-state index contributed by atoms with van der Waals surface area (Å²) in [6.07, 6.45) is 13.4. The Hall–Kier alpha value is -1.20. The molecule has 3 aliphatic rings. The smallest absolute Gasteiger partial charge is 0.226 e. The number of hydrogen-bond donors (Lipinski definition) is 1. The molecule has 1 aromatic carbocycles. The maximum atomic E-state index is 12.8. The van der Waals surface area contributed by atoms with Gasteiger partial charge in [0.1, 0.15) is 0 Å². The van der Waals surface area contributed by atoms with Crippen LogP contribution in [-0.4, -0.2) is 39.9 Å². The number of aliphatic imine (C=N–C) groups is 1. The Morgan fingerprint density at radius 3 is 2.38 bits per heavy atom. The second-order valence-corrected chi connectivity index (χ2v) is 10.1. The van der Waals surface area contributed by atoms with Gasteiger partial charge in [0, 0.05) is 35.0 Å². The van der Waals surface area contributed by atoms with Gasteiger partial charge in [-0.05, 0) is 49.9 Å². The van der Waals surface area contributed by atoms with Crippen LogP contribution in [0.3, 0.4) is 0 Å². The first-order valence-electron chi connectivity index (χ1n) is 11.2. The van der Waals surface area contributed by atoms with E-state index in [0.29, 0.717) is 23.5 Å². The summed E-state index contributed by atoms with van der Waals surface area (Å²) in [7, 11) is 0. The first-order valence-corrected chi connectivity index (χ1v) is 12.6. The average molecular weight is 434 g/mol. The van der Waals surface area contributed by atoms with Crippen molar-refractivity contribution in [3.05, 3.63) is 29.3 Å². The van der Waals surface area contributed by atoms with E-state index in [1.54, 1.807) is 0 Å². The largest absolute Gasteiger partial charge is 0.344 e. The summed E-state index contributed by atoms with van der Waals surface area (Å²) in [6, 6.07) is 8.63. The number of halogens is 1. The second-order valence-electron chi connectivity index (χ2n) is 8.63. The fourth-order valence-corrected chi connectivity index (χ4v) is 6.30. The minimum Gasteiger partial charge on any atom is -0.344 e. The van der Waals surface area contributed by atoms with E-state index in [1.807, 2.05) is 36.0 Å². The van der Waals surface area contributed by atoms with Gasteiger partial charge in [-0.1, -0.05) is 61.9 Å². The summed E-state index contributed by atoms with van der Waals surface area (Å²) in [6.45, 7) is 0. The average Bonchev–Trinajstić information content (AvgIpc) is 3.13. The molecule has 3 fully saturated rings. The first-order chi connectivity index (χ1) is 14.2. The molecule has 0 bridgehead atoms. The molecule has 6 heteroatoms. The van der Waals surface area contributed by atoms with Crippen molar-refractivity contribution in [2.75, 3.05) is 11.1 Å². The van der Waals surface area contributed by atoms with E-state index < -0.39 is 0 Å². The summed E-state index contributed by atoms with van der Waals surface area (Å²) in [5.41, 5.74) is 0.811. The molecule has 4 rings (SSSR count). The zero-order chi connectivity index (χ0) is 20.1. The highest BCUT2D eigenvalue weighted by atomic mass is 35.5. The Balaban J connectivity index is 1.44. The van der Waals surface area contributed by atoms with Crippen molar-refractivity contribution in [3.8, 4) is 0 Å². The third-order valence-corrected chi connectivity index (χ3v) is 7.78. The fraction of sp³-hybridized carbons (Fsp3) is 0.652. The molecule has 1 amide bonds. The van der Waals surface area contributed by atoms with Gasteiger partial charge >= 0.3 is 0 Å². The number of carbonyl (C=O) groups excluding carboxylic acids is 1. The van der Waals surface area contributed by atoms with E-state index in [9.17, 15) is 4.79 Å². The normalized spacial score (nSPS) is 25.5. The quantitative estimate of drug-likeness (QED) is 0.609. The van der Waals surface area contributed by atoms with Crippen LogP contribution in [0.1, 0.15) is 70.6 Å². The molecule has 29 heavy (non-hydrogen) atoms.